The summed E-state index contributed by atoms with van der Waals surface area (Å²) >= 11 is 6.55. The molecular formula is C10H12ClNO4S. The summed E-state index contributed by atoms with van der Waals surface area (Å²) < 4.78 is 0. The summed E-state index contributed by atoms with van der Waals surface area (Å²) in [7, 11) is 0. The lowest BCUT2D eigenvalue weighted by molar-refractivity contribution is -0.109. The van der Waals surface area contributed by atoms with Crippen molar-refractivity contribution in [2.75, 3.05) is 5.75 Å². The Kier molecular flexibility index (Phi) is 5.20. The van der Waals surface area contributed by atoms with Crippen molar-refractivity contribution >= 4 is 28.5 Å². The predicted molar refractivity (Wildman–Crippen MR) is 66.2 cm³/mol. The van der Waals surface area contributed by atoms with Crippen molar-refractivity contribution < 1.29 is 15.0 Å². The Balaban J connectivity index is 2.81. The standard InChI is InChI=1S/C10H12ClNO4S/c1-5(13)17-4-8(14)9(15)7-2-6(11)3-12-10(7)16/h2-3,8-9,14-15H,4H2,1H3,(H,12,16). The van der Waals surface area contributed by atoms with Crippen LogP contribution in [0.4, 0.5) is 0 Å². The van der Waals surface area contributed by atoms with Gasteiger partial charge in [0, 0.05) is 24.4 Å². The van der Waals surface area contributed by atoms with Crippen molar-refractivity contribution in [3.8, 4) is 0 Å². The fourth-order valence-corrected chi connectivity index (χ4v) is 1.95. The predicted octanol–water partition coefficient (Wildman–Crippen LogP) is 0.702. The molecule has 0 aliphatic heterocycles. The number of rotatable bonds is 4. The van der Waals surface area contributed by atoms with Crippen LogP contribution in [0.25, 0.3) is 0 Å². The van der Waals surface area contributed by atoms with E-state index < -0.39 is 17.8 Å². The third-order valence-electron chi connectivity index (χ3n) is 2.04. The van der Waals surface area contributed by atoms with Gasteiger partial charge in [-0.1, -0.05) is 23.4 Å². The van der Waals surface area contributed by atoms with E-state index in [9.17, 15) is 19.8 Å². The van der Waals surface area contributed by atoms with Gasteiger partial charge < -0.3 is 15.2 Å². The molecule has 1 aromatic heterocycles. The van der Waals surface area contributed by atoms with Gasteiger partial charge in [0.05, 0.1) is 11.1 Å². The molecule has 5 nitrogen and oxygen atoms in total. The number of aromatic amines is 1. The summed E-state index contributed by atoms with van der Waals surface area (Å²) in [6.45, 7) is 1.36. The number of thioether (sulfide) groups is 1. The quantitative estimate of drug-likeness (QED) is 0.754. The summed E-state index contributed by atoms with van der Waals surface area (Å²) in [5.74, 6) is 0.0163. The minimum atomic E-state index is -1.37. The lowest BCUT2D eigenvalue weighted by atomic mass is 10.1. The molecule has 2 atom stereocenters. The number of hydrogen-bond acceptors (Lipinski definition) is 5. The molecule has 0 aromatic carbocycles. The first kappa shape index (κ1) is 14.2. The summed E-state index contributed by atoms with van der Waals surface area (Å²) in [5.41, 5.74) is -0.539. The first-order valence-corrected chi connectivity index (χ1v) is 6.15. The summed E-state index contributed by atoms with van der Waals surface area (Å²) in [6, 6.07) is 1.28. The number of pyridine rings is 1. The molecule has 0 amide bonds. The van der Waals surface area contributed by atoms with Gasteiger partial charge >= 0.3 is 0 Å². The zero-order valence-corrected chi connectivity index (χ0v) is 10.6. The fourth-order valence-electron chi connectivity index (χ4n) is 1.19. The van der Waals surface area contributed by atoms with Crippen molar-refractivity contribution in [2.45, 2.75) is 19.1 Å². The first-order chi connectivity index (χ1) is 7.91. The van der Waals surface area contributed by atoms with Crippen molar-refractivity contribution in [3.05, 3.63) is 33.2 Å². The third kappa shape index (κ3) is 4.16. The Morgan fingerprint density at radius 2 is 2.24 bits per heavy atom. The van der Waals surface area contributed by atoms with Gasteiger partial charge in [0.1, 0.15) is 6.10 Å². The highest BCUT2D eigenvalue weighted by Crippen LogP contribution is 2.19. The molecule has 0 radical (unpaired) electrons. The van der Waals surface area contributed by atoms with Gasteiger partial charge in [0.25, 0.3) is 5.56 Å². The summed E-state index contributed by atoms with van der Waals surface area (Å²) in [4.78, 5) is 24.4. The van der Waals surface area contributed by atoms with Crippen LogP contribution in [0.5, 0.6) is 0 Å². The zero-order valence-electron chi connectivity index (χ0n) is 9.01. The molecule has 0 aliphatic rings. The van der Waals surface area contributed by atoms with Gasteiger partial charge in [-0.05, 0) is 6.07 Å². The van der Waals surface area contributed by atoms with E-state index in [2.05, 4.69) is 4.98 Å². The molecule has 7 heteroatoms. The number of aliphatic hydroxyl groups is 2. The first-order valence-electron chi connectivity index (χ1n) is 4.79. The molecule has 1 rings (SSSR count). The van der Waals surface area contributed by atoms with E-state index in [0.717, 1.165) is 11.8 Å². The summed E-state index contributed by atoms with van der Waals surface area (Å²) in [5, 5.41) is 19.5. The maximum Gasteiger partial charge on any atom is 0.253 e. The Morgan fingerprint density at radius 1 is 1.59 bits per heavy atom. The molecule has 1 heterocycles. The number of halogens is 1. The third-order valence-corrected chi connectivity index (χ3v) is 3.17. The van der Waals surface area contributed by atoms with Gasteiger partial charge in [-0.25, -0.2) is 0 Å². The highest BCUT2D eigenvalue weighted by Gasteiger charge is 2.22. The smallest absolute Gasteiger partial charge is 0.253 e. The van der Waals surface area contributed by atoms with E-state index in [1.807, 2.05) is 0 Å². The van der Waals surface area contributed by atoms with Crippen molar-refractivity contribution in [1.29, 1.82) is 0 Å². The molecule has 0 fully saturated rings. The van der Waals surface area contributed by atoms with Crippen molar-refractivity contribution in [3.63, 3.8) is 0 Å². The Labute approximate surface area is 107 Å². The van der Waals surface area contributed by atoms with E-state index in [4.69, 9.17) is 11.6 Å². The van der Waals surface area contributed by atoms with Gasteiger partial charge in [-0.2, -0.15) is 0 Å². The molecule has 17 heavy (non-hydrogen) atoms. The molecule has 0 spiro atoms. The van der Waals surface area contributed by atoms with E-state index in [1.165, 1.54) is 19.2 Å². The van der Waals surface area contributed by atoms with Crippen LogP contribution in [0.2, 0.25) is 5.02 Å². The Morgan fingerprint density at radius 3 is 2.82 bits per heavy atom. The fraction of sp³-hybridized carbons (Fsp3) is 0.400. The van der Waals surface area contributed by atoms with Crippen LogP contribution in [0, 0.1) is 0 Å². The lowest BCUT2D eigenvalue weighted by Crippen LogP contribution is -2.27. The molecule has 2 unspecified atom stereocenters. The number of aliphatic hydroxyl groups excluding tert-OH is 2. The maximum absolute atomic E-state index is 11.4. The average molecular weight is 278 g/mol. The molecule has 0 saturated heterocycles. The van der Waals surface area contributed by atoms with Crippen LogP contribution in [0.1, 0.15) is 18.6 Å². The monoisotopic (exact) mass is 277 g/mol. The van der Waals surface area contributed by atoms with E-state index in [1.54, 1.807) is 0 Å². The number of nitrogens with one attached hydrogen (secondary N) is 1. The molecule has 0 aliphatic carbocycles. The zero-order chi connectivity index (χ0) is 13.0. The minimum absolute atomic E-state index is 0.0163. The van der Waals surface area contributed by atoms with E-state index >= 15 is 0 Å². The maximum atomic E-state index is 11.4. The number of carbonyl (C=O) groups is 1. The van der Waals surface area contributed by atoms with Gasteiger partial charge in [-0.3, -0.25) is 9.59 Å². The highest BCUT2D eigenvalue weighted by atomic mass is 35.5. The Bertz CT molecular complexity index is 462. The molecular weight excluding hydrogens is 266 g/mol. The van der Waals surface area contributed by atoms with Gasteiger partial charge in [0.2, 0.25) is 0 Å². The van der Waals surface area contributed by atoms with Crippen molar-refractivity contribution in [2.24, 2.45) is 0 Å². The topological polar surface area (TPSA) is 90.4 Å². The number of H-pyrrole nitrogens is 1. The summed E-state index contributed by atoms with van der Waals surface area (Å²) in [6.07, 6.45) is -1.29. The molecule has 94 valence electrons. The number of hydrogen-bond donors (Lipinski definition) is 3. The van der Waals surface area contributed by atoms with Crippen LogP contribution in [0.3, 0.4) is 0 Å². The normalized spacial score (nSPS) is 14.4. The molecule has 1 aromatic rings. The van der Waals surface area contributed by atoms with Gasteiger partial charge in [0.15, 0.2) is 5.12 Å². The van der Waals surface area contributed by atoms with Crippen LogP contribution < -0.4 is 5.56 Å². The number of carbonyl (C=O) groups excluding carboxylic acids is 1. The van der Waals surface area contributed by atoms with Crippen LogP contribution in [-0.2, 0) is 4.79 Å². The van der Waals surface area contributed by atoms with E-state index in [0.29, 0.717) is 0 Å². The molecule has 3 N–H and O–H groups in total. The minimum Gasteiger partial charge on any atom is -0.389 e. The van der Waals surface area contributed by atoms with Crippen molar-refractivity contribution in [1.82, 2.24) is 4.98 Å². The highest BCUT2D eigenvalue weighted by molar-refractivity contribution is 8.13. The Hall–Kier alpha value is -0.820. The second kappa shape index (κ2) is 6.20. The van der Waals surface area contributed by atoms with Gasteiger partial charge in [-0.15, -0.1) is 0 Å². The lowest BCUT2D eigenvalue weighted by Gasteiger charge is -2.16. The molecule has 0 bridgehead atoms. The number of aromatic nitrogens is 1. The largest absolute Gasteiger partial charge is 0.389 e. The second-order valence-corrected chi connectivity index (χ2v) is 5.05. The average Bonchev–Trinajstić information content (AvgIpc) is 2.28. The SMILES string of the molecule is CC(=O)SCC(O)C(O)c1cc(Cl)c[nH]c1=O. The van der Waals surface area contributed by atoms with Crippen LogP contribution in [-0.4, -0.2) is 32.2 Å². The second-order valence-electron chi connectivity index (χ2n) is 3.42. The van der Waals surface area contributed by atoms with E-state index in [-0.39, 0.29) is 21.5 Å². The molecule has 0 saturated carbocycles. The van der Waals surface area contributed by atoms with Crippen LogP contribution >= 0.6 is 23.4 Å². The van der Waals surface area contributed by atoms with Crippen LogP contribution in [0.15, 0.2) is 17.1 Å².